The van der Waals surface area contributed by atoms with Crippen LogP contribution in [0.1, 0.15) is 31.0 Å². The molecular weight excluding hydrogens is 280 g/mol. The number of aromatic nitrogens is 2. The van der Waals surface area contributed by atoms with Gasteiger partial charge in [-0.2, -0.15) is 5.10 Å². The first kappa shape index (κ1) is 14.6. The maximum atomic E-state index is 11.3. The normalized spacial score (nSPS) is 15.5. The molecule has 1 aromatic heterocycles. The molecule has 1 heterocycles. The largest absolute Gasteiger partial charge is 0.364 e. The molecular formula is C16H20N4O2. The van der Waals surface area contributed by atoms with Crippen LogP contribution in [0, 0.1) is 10.1 Å². The first-order chi connectivity index (χ1) is 10.6. The van der Waals surface area contributed by atoms with E-state index in [4.69, 9.17) is 0 Å². The second-order valence-electron chi connectivity index (χ2n) is 5.88. The molecule has 0 amide bonds. The average molecular weight is 300 g/mol. The summed E-state index contributed by atoms with van der Waals surface area (Å²) in [5.74, 6) is 0.504. The summed E-state index contributed by atoms with van der Waals surface area (Å²) in [6.07, 6.45) is 2.77. The number of aryl methyl sites for hydroxylation is 2. The lowest BCUT2D eigenvalue weighted by Crippen LogP contribution is -2.21. The molecule has 0 aliphatic heterocycles. The van der Waals surface area contributed by atoms with Crippen LogP contribution in [0.2, 0.25) is 0 Å². The second kappa shape index (κ2) is 5.44. The Hall–Kier alpha value is -2.37. The van der Waals surface area contributed by atoms with Gasteiger partial charge in [-0.1, -0.05) is 37.3 Å². The van der Waals surface area contributed by atoms with Gasteiger partial charge in [-0.25, -0.2) is 4.68 Å². The lowest BCUT2D eigenvalue weighted by atomic mass is 9.96. The van der Waals surface area contributed by atoms with Gasteiger partial charge in [0.1, 0.15) is 5.69 Å². The molecule has 6 nitrogen and oxygen atoms in total. The number of nitrogens with zero attached hydrogens (tertiary/aromatic N) is 3. The van der Waals surface area contributed by atoms with Gasteiger partial charge in [-0.3, -0.25) is 10.1 Å². The highest BCUT2D eigenvalue weighted by Crippen LogP contribution is 2.48. The zero-order valence-corrected chi connectivity index (χ0v) is 12.9. The van der Waals surface area contributed by atoms with Crippen LogP contribution >= 0.6 is 0 Å². The van der Waals surface area contributed by atoms with Gasteiger partial charge in [-0.15, -0.1) is 0 Å². The molecule has 3 rings (SSSR count). The van der Waals surface area contributed by atoms with Gasteiger partial charge < -0.3 is 5.32 Å². The Kier molecular flexibility index (Phi) is 3.60. The van der Waals surface area contributed by atoms with E-state index >= 15 is 0 Å². The summed E-state index contributed by atoms with van der Waals surface area (Å²) in [6, 6.07) is 10.3. The monoisotopic (exact) mass is 300 g/mol. The van der Waals surface area contributed by atoms with Crippen molar-refractivity contribution < 1.29 is 4.92 Å². The van der Waals surface area contributed by atoms with E-state index in [0.29, 0.717) is 24.5 Å². The maximum Gasteiger partial charge on any atom is 0.333 e. The van der Waals surface area contributed by atoms with E-state index in [-0.39, 0.29) is 16.0 Å². The number of nitro groups is 1. The lowest BCUT2D eigenvalue weighted by molar-refractivity contribution is -0.384. The molecule has 116 valence electrons. The molecule has 0 atom stereocenters. The van der Waals surface area contributed by atoms with E-state index in [9.17, 15) is 10.1 Å². The Morgan fingerprint density at radius 3 is 2.59 bits per heavy atom. The fourth-order valence-corrected chi connectivity index (χ4v) is 2.96. The SMILES string of the molecule is CCc1nn(C)c(NCC2(c3ccccc3)CC2)c1[N+](=O)[O-]. The minimum atomic E-state index is -0.337. The molecule has 22 heavy (non-hydrogen) atoms. The molecule has 1 aliphatic rings. The van der Waals surface area contributed by atoms with E-state index in [1.54, 1.807) is 11.7 Å². The molecule has 0 bridgehead atoms. The fourth-order valence-electron chi connectivity index (χ4n) is 2.96. The van der Waals surface area contributed by atoms with Gasteiger partial charge in [0.05, 0.1) is 4.92 Å². The van der Waals surface area contributed by atoms with Crippen molar-refractivity contribution in [2.45, 2.75) is 31.6 Å². The highest BCUT2D eigenvalue weighted by molar-refractivity contribution is 5.60. The number of benzene rings is 1. The van der Waals surface area contributed by atoms with Crippen LogP contribution in [-0.2, 0) is 18.9 Å². The van der Waals surface area contributed by atoms with E-state index in [0.717, 1.165) is 12.8 Å². The van der Waals surface area contributed by atoms with Crippen molar-refractivity contribution in [3.8, 4) is 0 Å². The molecule has 1 saturated carbocycles. The smallest absolute Gasteiger partial charge is 0.333 e. The minimum absolute atomic E-state index is 0.103. The third kappa shape index (κ3) is 2.45. The van der Waals surface area contributed by atoms with E-state index in [2.05, 4.69) is 22.5 Å². The molecule has 6 heteroatoms. The summed E-state index contributed by atoms with van der Waals surface area (Å²) in [4.78, 5) is 11.0. The quantitative estimate of drug-likeness (QED) is 0.657. The Morgan fingerprint density at radius 2 is 2.05 bits per heavy atom. The lowest BCUT2D eigenvalue weighted by Gasteiger charge is -2.17. The van der Waals surface area contributed by atoms with Crippen LogP contribution in [0.4, 0.5) is 11.5 Å². The number of hydrogen-bond donors (Lipinski definition) is 1. The maximum absolute atomic E-state index is 11.3. The van der Waals surface area contributed by atoms with Gasteiger partial charge in [0.15, 0.2) is 0 Å². The van der Waals surface area contributed by atoms with Gasteiger partial charge >= 0.3 is 5.69 Å². The molecule has 1 aliphatic carbocycles. The van der Waals surface area contributed by atoms with Crippen molar-refractivity contribution in [1.82, 2.24) is 9.78 Å². The summed E-state index contributed by atoms with van der Waals surface area (Å²) in [5, 5.41) is 18.9. The topological polar surface area (TPSA) is 73.0 Å². The van der Waals surface area contributed by atoms with Crippen molar-refractivity contribution in [1.29, 1.82) is 0 Å². The van der Waals surface area contributed by atoms with Crippen molar-refractivity contribution >= 4 is 11.5 Å². The van der Waals surface area contributed by atoms with Crippen molar-refractivity contribution in [2.24, 2.45) is 7.05 Å². The summed E-state index contributed by atoms with van der Waals surface area (Å²) < 4.78 is 1.58. The molecule has 1 fully saturated rings. The molecule has 1 N–H and O–H groups in total. The molecule has 0 saturated heterocycles. The molecule has 0 radical (unpaired) electrons. The third-order valence-corrected chi connectivity index (χ3v) is 4.44. The Bertz CT molecular complexity index is 690. The zero-order valence-electron chi connectivity index (χ0n) is 12.9. The van der Waals surface area contributed by atoms with E-state index < -0.39 is 0 Å². The van der Waals surface area contributed by atoms with Crippen molar-refractivity contribution in [2.75, 3.05) is 11.9 Å². The highest BCUT2D eigenvalue weighted by atomic mass is 16.6. The molecule has 2 aromatic rings. The van der Waals surface area contributed by atoms with Crippen molar-refractivity contribution in [3.05, 3.63) is 51.7 Å². The third-order valence-electron chi connectivity index (χ3n) is 4.44. The summed E-state index contributed by atoms with van der Waals surface area (Å²) in [6.45, 7) is 2.58. The van der Waals surface area contributed by atoms with Crippen LogP contribution < -0.4 is 5.32 Å². The van der Waals surface area contributed by atoms with E-state index in [1.165, 1.54) is 5.56 Å². The summed E-state index contributed by atoms with van der Waals surface area (Å²) in [7, 11) is 1.75. The molecule has 1 aromatic carbocycles. The Morgan fingerprint density at radius 1 is 1.36 bits per heavy atom. The van der Waals surface area contributed by atoms with E-state index in [1.807, 2.05) is 25.1 Å². The second-order valence-corrected chi connectivity index (χ2v) is 5.88. The molecule has 0 spiro atoms. The minimum Gasteiger partial charge on any atom is -0.364 e. The average Bonchev–Trinajstić information content (AvgIpc) is 3.24. The van der Waals surface area contributed by atoms with Crippen LogP contribution in [0.3, 0.4) is 0 Å². The van der Waals surface area contributed by atoms with Gasteiger partial charge in [-0.05, 0) is 24.8 Å². The van der Waals surface area contributed by atoms with Gasteiger partial charge in [0.2, 0.25) is 5.82 Å². The van der Waals surface area contributed by atoms with Gasteiger partial charge in [0, 0.05) is 19.0 Å². The number of hydrogen-bond acceptors (Lipinski definition) is 4. The fraction of sp³-hybridized carbons (Fsp3) is 0.438. The first-order valence-electron chi connectivity index (χ1n) is 7.57. The van der Waals surface area contributed by atoms with Crippen LogP contribution in [0.15, 0.2) is 30.3 Å². The van der Waals surface area contributed by atoms with Crippen molar-refractivity contribution in [3.63, 3.8) is 0 Å². The summed E-state index contributed by atoms with van der Waals surface area (Å²) in [5.41, 5.74) is 2.03. The van der Waals surface area contributed by atoms with Crippen LogP contribution in [-0.4, -0.2) is 21.2 Å². The standard InChI is InChI=1S/C16H20N4O2/c1-3-13-14(20(21)22)15(19(2)18-13)17-11-16(9-10-16)12-7-5-4-6-8-12/h4-8,17H,3,9-11H2,1-2H3. The zero-order chi connectivity index (χ0) is 15.7. The Labute approximate surface area is 129 Å². The van der Waals surface area contributed by atoms with Crippen LogP contribution in [0.5, 0.6) is 0 Å². The first-order valence-corrected chi connectivity index (χ1v) is 7.57. The van der Waals surface area contributed by atoms with Gasteiger partial charge in [0.25, 0.3) is 0 Å². The predicted octanol–water partition coefficient (Wildman–Crippen LogP) is 3.03. The highest BCUT2D eigenvalue weighted by Gasteiger charge is 2.44. The molecule has 0 unspecified atom stereocenters. The number of nitrogens with one attached hydrogen (secondary N) is 1. The number of rotatable bonds is 6. The van der Waals surface area contributed by atoms with Crippen LogP contribution in [0.25, 0.3) is 0 Å². The Balaban J connectivity index is 1.83. The predicted molar refractivity (Wildman–Crippen MR) is 85.1 cm³/mol. The summed E-state index contributed by atoms with van der Waals surface area (Å²) >= 11 is 0. The number of anilines is 1.